The van der Waals surface area contributed by atoms with Crippen LogP contribution in [0.2, 0.25) is 0 Å². The first-order valence-electron chi connectivity index (χ1n) is 7.38. The molecule has 2 aromatic rings. The van der Waals surface area contributed by atoms with E-state index in [0.29, 0.717) is 6.04 Å². The number of benzene rings is 2. The van der Waals surface area contributed by atoms with E-state index in [1.165, 1.54) is 19.3 Å². The molecule has 0 atom stereocenters. The third-order valence-electron chi connectivity index (χ3n) is 4.03. The van der Waals surface area contributed by atoms with Crippen LogP contribution in [0.5, 0.6) is 0 Å². The van der Waals surface area contributed by atoms with Crippen LogP contribution in [0, 0.1) is 0 Å². The number of fused-ring (bicyclic) bond motifs is 1. The number of rotatable bonds is 3. The number of carbonyl (C=O) groups is 1. The Morgan fingerprint density at radius 2 is 1.70 bits per heavy atom. The van der Waals surface area contributed by atoms with Gasteiger partial charge in [-0.15, -0.1) is 0 Å². The van der Waals surface area contributed by atoms with Crippen LogP contribution in [0.4, 0.5) is 0 Å². The second kappa shape index (κ2) is 6.06. The Hall–Kier alpha value is -1.87. The van der Waals surface area contributed by atoms with E-state index in [9.17, 15) is 4.79 Å². The molecule has 3 nitrogen and oxygen atoms in total. The molecule has 0 unspecified atom stereocenters. The predicted octanol–water partition coefficient (Wildman–Crippen LogP) is 3.41. The summed E-state index contributed by atoms with van der Waals surface area (Å²) in [4.78, 5) is 12.3. The van der Waals surface area contributed by atoms with Crippen LogP contribution in [-0.2, 0) is 0 Å². The number of hydrogen-bond donors (Lipinski definition) is 2. The zero-order valence-corrected chi connectivity index (χ0v) is 11.6. The molecule has 1 amide bonds. The fourth-order valence-electron chi connectivity index (χ4n) is 2.91. The van der Waals surface area contributed by atoms with Crippen LogP contribution < -0.4 is 10.9 Å². The summed E-state index contributed by atoms with van der Waals surface area (Å²) in [5.41, 5.74) is 6.79. The smallest absolute Gasteiger partial charge is 0.266 e. The van der Waals surface area contributed by atoms with Crippen LogP contribution >= 0.6 is 0 Å². The van der Waals surface area contributed by atoms with E-state index in [0.717, 1.165) is 29.2 Å². The molecular weight excluding hydrogens is 248 g/mol. The SMILES string of the molecule is O=C(NNC1CCCCC1)c1cccc2ccccc12. The lowest BCUT2D eigenvalue weighted by molar-refractivity contribution is 0.0921. The second-order valence-electron chi connectivity index (χ2n) is 5.46. The van der Waals surface area contributed by atoms with Gasteiger partial charge < -0.3 is 0 Å². The highest BCUT2D eigenvalue weighted by Gasteiger charge is 2.15. The zero-order chi connectivity index (χ0) is 13.8. The Morgan fingerprint density at radius 1 is 0.950 bits per heavy atom. The van der Waals surface area contributed by atoms with E-state index in [-0.39, 0.29) is 5.91 Å². The van der Waals surface area contributed by atoms with Gasteiger partial charge in [0.25, 0.3) is 5.91 Å². The monoisotopic (exact) mass is 268 g/mol. The summed E-state index contributed by atoms with van der Waals surface area (Å²) in [6.07, 6.45) is 6.12. The van der Waals surface area contributed by atoms with Crippen molar-refractivity contribution in [3.05, 3.63) is 48.0 Å². The van der Waals surface area contributed by atoms with Gasteiger partial charge in [0, 0.05) is 11.6 Å². The van der Waals surface area contributed by atoms with E-state index in [2.05, 4.69) is 10.9 Å². The minimum absolute atomic E-state index is 0.0487. The first kappa shape index (κ1) is 13.1. The van der Waals surface area contributed by atoms with Crippen LogP contribution in [0.1, 0.15) is 42.5 Å². The fraction of sp³-hybridized carbons (Fsp3) is 0.353. The van der Waals surface area contributed by atoms with Gasteiger partial charge >= 0.3 is 0 Å². The lowest BCUT2D eigenvalue weighted by Crippen LogP contribution is -2.45. The van der Waals surface area contributed by atoms with Gasteiger partial charge in [-0.1, -0.05) is 55.7 Å². The number of amides is 1. The van der Waals surface area contributed by atoms with E-state index < -0.39 is 0 Å². The van der Waals surface area contributed by atoms with Crippen LogP contribution in [-0.4, -0.2) is 11.9 Å². The Morgan fingerprint density at radius 3 is 2.55 bits per heavy atom. The average Bonchev–Trinajstić information content (AvgIpc) is 2.53. The molecule has 1 aliphatic carbocycles. The van der Waals surface area contributed by atoms with Gasteiger partial charge in [-0.25, -0.2) is 5.43 Å². The molecule has 3 heteroatoms. The van der Waals surface area contributed by atoms with Crippen molar-refractivity contribution in [1.29, 1.82) is 0 Å². The summed E-state index contributed by atoms with van der Waals surface area (Å²) in [6.45, 7) is 0. The molecule has 2 N–H and O–H groups in total. The van der Waals surface area contributed by atoms with Gasteiger partial charge in [0.2, 0.25) is 0 Å². The Labute approximate surface area is 119 Å². The summed E-state index contributed by atoms with van der Waals surface area (Å²) >= 11 is 0. The minimum atomic E-state index is -0.0487. The van der Waals surface area contributed by atoms with Crippen molar-refractivity contribution in [2.45, 2.75) is 38.1 Å². The predicted molar refractivity (Wildman–Crippen MR) is 81.4 cm³/mol. The third kappa shape index (κ3) is 2.83. The van der Waals surface area contributed by atoms with Gasteiger partial charge in [-0.3, -0.25) is 10.2 Å². The van der Waals surface area contributed by atoms with E-state index in [1.807, 2.05) is 42.5 Å². The molecule has 1 fully saturated rings. The highest BCUT2D eigenvalue weighted by Crippen LogP contribution is 2.19. The van der Waals surface area contributed by atoms with Crippen LogP contribution in [0.3, 0.4) is 0 Å². The van der Waals surface area contributed by atoms with Gasteiger partial charge in [0.15, 0.2) is 0 Å². The van der Waals surface area contributed by atoms with Gasteiger partial charge in [0.1, 0.15) is 0 Å². The molecule has 104 valence electrons. The van der Waals surface area contributed by atoms with Gasteiger partial charge in [0.05, 0.1) is 0 Å². The van der Waals surface area contributed by atoms with Crippen molar-refractivity contribution in [3.63, 3.8) is 0 Å². The van der Waals surface area contributed by atoms with Gasteiger partial charge in [-0.05, 0) is 29.7 Å². The summed E-state index contributed by atoms with van der Waals surface area (Å²) in [6, 6.07) is 14.2. The minimum Gasteiger partial charge on any atom is -0.287 e. The maximum atomic E-state index is 12.3. The standard InChI is InChI=1S/C17H20N2O/c20-17(19-18-14-9-2-1-3-10-14)16-12-6-8-13-7-4-5-11-15(13)16/h4-8,11-12,14,18H,1-3,9-10H2,(H,19,20). The van der Waals surface area contributed by atoms with E-state index in [1.54, 1.807) is 0 Å². The normalized spacial score (nSPS) is 16.2. The molecule has 20 heavy (non-hydrogen) atoms. The molecule has 0 aliphatic heterocycles. The molecule has 2 aromatic carbocycles. The summed E-state index contributed by atoms with van der Waals surface area (Å²) in [7, 11) is 0. The highest BCUT2D eigenvalue weighted by molar-refractivity contribution is 6.06. The number of hydrazine groups is 1. The molecule has 1 aliphatic rings. The third-order valence-corrected chi connectivity index (χ3v) is 4.03. The first-order valence-corrected chi connectivity index (χ1v) is 7.38. The molecule has 1 saturated carbocycles. The number of nitrogens with one attached hydrogen (secondary N) is 2. The lowest BCUT2D eigenvalue weighted by atomic mass is 9.96. The first-order chi connectivity index (χ1) is 9.84. The maximum Gasteiger partial charge on any atom is 0.266 e. The van der Waals surface area contributed by atoms with Crippen LogP contribution in [0.25, 0.3) is 10.8 Å². The Kier molecular flexibility index (Phi) is 3.97. The van der Waals surface area contributed by atoms with Crippen molar-refractivity contribution in [1.82, 2.24) is 10.9 Å². The summed E-state index contributed by atoms with van der Waals surface area (Å²) in [5, 5.41) is 2.09. The van der Waals surface area contributed by atoms with Crippen LogP contribution in [0.15, 0.2) is 42.5 Å². The molecule has 0 radical (unpaired) electrons. The largest absolute Gasteiger partial charge is 0.287 e. The second-order valence-corrected chi connectivity index (χ2v) is 5.46. The summed E-state index contributed by atoms with van der Waals surface area (Å²) < 4.78 is 0. The molecule has 0 bridgehead atoms. The molecule has 0 aromatic heterocycles. The Bertz CT molecular complexity index is 597. The molecule has 0 saturated heterocycles. The van der Waals surface area contributed by atoms with Crippen molar-refractivity contribution < 1.29 is 4.79 Å². The number of carbonyl (C=O) groups excluding carboxylic acids is 1. The molecular formula is C17H20N2O. The number of hydrogen-bond acceptors (Lipinski definition) is 2. The topological polar surface area (TPSA) is 41.1 Å². The Balaban J connectivity index is 1.72. The molecule has 0 spiro atoms. The lowest BCUT2D eigenvalue weighted by Gasteiger charge is -2.23. The van der Waals surface area contributed by atoms with E-state index >= 15 is 0 Å². The quantitative estimate of drug-likeness (QED) is 0.838. The van der Waals surface area contributed by atoms with Crippen molar-refractivity contribution in [2.24, 2.45) is 0 Å². The fourth-order valence-corrected chi connectivity index (χ4v) is 2.91. The maximum absolute atomic E-state index is 12.3. The highest BCUT2D eigenvalue weighted by atomic mass is 16.2. The zero-order valence-electron chi connectivity index (χ0n) is 11.6. The van der Waals surface area contributed by atoms with E-state index in [4.69, 9.17) is 0 Å². The molecule has 3 rings (SSSR count). The summed E-state index contributed by atoms with van der Waals surface area (Å²) in [5.74, 6) is -0.0487. The molecule has 0 heterocycles. The van der Waals surface area contributed by atoms with Crippen molar-refractivity contribution in [3.8, 4) is 0 Å². The van der Waals surface area contributed by atoms with Gasteiger partial charge in [-0.2, -0.15) is 0 Å². The van der Waals surface area contributed by atoms with Crippen molar-refractivity contribution in [2.75, 3.05) is 0 Å². The average molecular weight is 268 g/mol. The van der Waals surface area contributed by atoms with Crippen molar-refractivity contribution >= 4 is 16.7 Å².